The van der Waals surface area contributed by atoms with Gasteiger partial charge in [-0.2, -0.15) is 0 Å². The Morgan fingerprint density at radius 2 is 2.20 bits per heavy atom. The molecule has 3 heteroatoms. The second-order valence-corrected chi connectivity index (χ2v) is 6.49. The molecule has 2 aliphatic heterocycles. The topological polar surface area (TPSA) is 24.5 Å². The minimum atomic E-state index is 0.0762. The second-order valence-electron chi connectivity index (χ2n) is 6.49. The minimum absolute atomic E-state index is 0.0762. The molecule has 1 aromatic carbocycles. The maximum absolute atomic E-state index is 5.85. The highest BCUT2D eigenvalue weighted by molar-refractivity contribution is 5.14. The molecule has 2 unspecified atom stereocenters. The van der Waals surface area contributed by atoms with E-state index in [1.54, 1.807) is 0 Å². The van der Waals surface area contributed by atoms with Crippen LogP contribution in [0, 0.1) is 0 Å². The summed E-state index contributed by atoms with van der Waals surface area (Å²) in [5.41, 5.74) is 1.49. The molecule has 2 saturated heterocycles. The maximum atomic E-state index is 5.85. The number of hydrogen-bond acceptors (Lipinski definition) is 3. The van der Waals surface area contributed by atoms with Crippen molar-refractivity contribution in [1.29, 1.82) is 0 Å². The summed E-state index contributed by atoms with van der Waals surface area (Å²) in [6.07, 6.45) is 3.66. The zero-order chi connectivity index (χ0) is 13.8. The van der Waals surface area contributed by atoms with E-state index in [0.29, 0.717) is 6.04 Å². The van der Waals surface area contributed by atoms with Crippen LogP contribution in [0.25, 0.3) is 0 Å². The SMILES string of the molecule is CC1(CNC2CCN(Cc3ccccc3)C2)CCCO1. The predicted molar refractivity (Wildman–Crippen MR) is 81.7 cm³/mol. The van der Waals surface area contributed by atoms with E-state index in [9.17, 15) is 0 Å². The van der Waals surface area contributed by atoms with Gasteiger partial charge in [-0.3, -0.25) is 4.90 Å². The van der Waals surface area contributed by atoms with Gasteiger partial charge in [-0.05, 0) is 31.7 Å². The Morgan fingerprint density at radius 1 is 1.35 bits per heavy atom. The molecule has 2 aliphatic rings. The predicted octanol–water partition coefficient (Wildman–Crippen LogP) is 2.42. The zero-order valence-electron chi connectivity index (χ0n) is 12.5. The van der Waals surface area contributed by atoms with E-state index in [-0.39, 0.29) is 5.60 Å². The highest BCUT2D eigenvalue weighted by atomic mass is 16.5. The summed E-state index contributed by atoms with van der Waals surface area (Å²) < 4.78 is 5.85. The van der Waals surface area contributed by atoms with Crippen LogP contribution in [0.5, 0.6) is 0 Å². The molecule has 3 nitrogen and oxygen atoms in total. The van der Waals surface area contributed by atoms with E-state index in [2.05, 4.69) is 47.5 Å². The summed E-state index contributed by atoms with van der Waals surface area (Å²) in [6, 6.07) is 11.4. The first-order chi connectivity index (χ1) is 9.73. The Labute approximate surface area is 122 Å². The van der Waals surface area contributed by atoms with Gasteiger partial charge in [0, 0.05) is 38.8 Å². The van der Waals surface area contributed by atoms with Crippen molar-refractivity contribution < 1.29 is 4.74 Å². The Hall–Kier alpha value is -0.900. The van der Waals surface area contributed by atoms with Gasteiger partial charge < -0.3 is 10.1 Å². The molecule has 0 aromatic heterocycles. The van der Waals surface area contributed by atoms with E-state index in [1.165, 1.54) is 31.4 Å². The maximum Gasteiger partial charge on any atom is 0.0779 e. The van der Waals surface area contributed by atoms with Gasteiger partial charge in [0.15, 0.2) is 0 Å². The van der Waals surface area contributed by atoms with E-state index in [0.717, 1.165) is 26.2 Å². The van der Waals surface area contributed by atoms with Crippen molar-refractivity contribution in [3.63, 3.8) is 0 Å². The number of hydrogen-bond donors (Lipinski definition) is 1. The van der Waals surface area contributed by atoms with Crippen molar-refractivity contribution >= 4 is 0 Å². The number of nitrogens with one attached hydrogen (secondary N) is 1. The summed E-state index contributed by atoms with van der Waals surface area (Å²) >= 11 is 0. The van der Waals surface area contributed by atoms with Crippen molar-refractivity contribution in [2.45, 2.75) is 44.4 Å². The summed E-state index contributed by atoms with van der Waals surface area (Å²) in [5.74, 6) is 0. The van der Waals surface area contributed by atoms with E-state index < -0.39 is 0 Å². The van der Waals surface area contributed by atoms with Gasteiger partial charge in [-0.25, -0.2) is 0 Å². The standard InChI is InChI=1S/C17H26N2O/c1-17(9-5-11-20-17)14-18-16-8-10-19(13-16)12-15-6-3-2-4-7-15/h2-4,6-7,16,18H,5,8-14H2,1H3. The van der Waals surface area contributed by atoms with Crippen LogP contribution in [0.4, 0.5) is 0 Å². The van der Waals surface area contributed by atoms with Crippen molar-refractivity contribution in [3.05, 3.63) is 35.9 Å². The number of benzene rings is 1. The van der Waals surface area contributed by atoms with E-state index in [1.807, 2.05) is 0 Å². The highest BCUT2D eigenvalue weighted by Gasteiger charge is 2.31. The molecule has 0 spiro atoms. The van der Waals surface area contributed by atoms with Crippen molar-refractivity contribution in [2.75, 3.05) is 26.2 Å². The van der Waals surface area contributed by atoms with Crippen molar-refractivity contribution in [2.24, 2.45) is 0 Å². The Kier molecular flexibility index (Phi) is 4.39. The van der Waals surface area contributed by atoms with Gasteiger partial charge in [0.2, 0.25) is 0 Å². The van der Waals surface area contributed by atoms with Gasteiger partial charge in [0.05, 0.1) is 5.60 Å². The lowest BCUT2D eigenvalue weighted by Gasteiger charge is -2.26. The Morgan fingerprint density at radius 3 is 2.95 bits per heavy atom. The molecule has 1 N–H and O–H groups in total. The molecule has 0 saturated carbocycles. The lowest BCUT2D eigenvalue weighted by Crippen LogP contribution is -2.43. The van der Waals surface area contributed by atoms with Gasteiger partial charge in [-0.1, -0.05) is 30.3 Å². The molecule has 1 aromatic rings. The molecule has 2 fully saturated rings. The lowest BCUT2D eigenvalue weighted by atomic mass is 10.0. The Balaban J connectivity index is 1.43. The fraction of sp³-hybridized carbons (Fsp3) is 0.647. The first kappa shape index (κ1) is 14.1. The van der Waals surface area contributed by atoms with Crippen LogP contribution in [-0.4, -0.2) is 42.8 Å². The average molecular weight is 274 g/mol. The first-order valence-corrected chi connectivity index (χ1v) is 7.87. The fourth-order valence-electron chi connectivity index (χ4n) is 3.32. The molecular formula is C17H26N2O. The molecule has 20 heavy (non-hydrogen) atoms. The van der Waals surface area contributed by atoms with Gasteiger partial charge >= 0.3 is 0 Å². The Bertz CT molecular complexity index is 414. The molecule has 2 heterocycles. The molecule has 0 bridgehead atoms. The van der Waals surface area contributed by atoms with E-state index in [4.69, 9.17) is 4.74 Å². The summed E-state index contributed by atoms with van der Waals surface area (Å²) in [6.45, 7) is 7.60. The minimum Gasteiger partial charge on any atom is -0.374 e. The molecule has 0 aliphatic carbocycles. The smallest absolute Gasteiger partial charge is 0.0779 e. The summed E-state index contributed by atoms with van der Waals surface area (Å²) in [4.78, 5) is 2.55. The van der Waals surface area contributed by atoms with Crippen LogP contribution >= 0.6 is 0 Å². The highest BCUT2D eigenvalue weighted by Crippen LogP contribution is 2.24. The van der Waals surface area contributed by atoms with Crippen LogP contribution in [0.2, 0.25) is 0 Å². The molecule has 2 atom stereocenters. The van der Waals surface area contributed by atoms with Crippen molar-refractivity contribution in [3.8, 4) is 0 Å². The van der Waals surface area contributed by atoms with Crippen LogP contribution < -0.4 is 5.32 Å². The normalized spacial score (nSPS) is 30.9. The monoisotopic (exact) mass is 274 g/mol. The third-order valence-electron chi connectivity index (χ3n) is 4.59. The van der Waals surface area contributed by atoms with Crippen LogP contribution in [0.1, 0.15) is 31.7 Å². The number of ether oxygens (including phenoxy) is 1. The van der Waals surface area contributed by atoms with Crippen LogP contribution in [-0.2, 0) is 11.3 Å². The summed E-state index contributed by atoms with van der Waals surface area (Å²) in [7, 11) is 0. The van der Waals surface area contributed by atoms with Gasteiger partial charge in [0.1, 0.15) is 0 Å². The number of rotatable bonds is 5. The largest absolute Gasteiger partial charge is 0.374 e. The third kappa shape index (κ3) is 3.60. The lowest BCUT2D eigenvalue weighted by molar-refractivity contribution is 0.0189. The molecule has 0 radical (unpaired) electrons. The van der Waals surface area contributed by atoms with Crippen molar-refractivity contribution in [1.82, 2.24) is 10.2 Å². The average Bonchev–Trinajstić information content (AvgIpc) is 3.08. The van der Waals surface area contributed by atoms with Crippen LogP contribution in [0.15, 0.2) is 30.3 Å². The first-order valence-electron chi connectivity index (χ1n) is 7.87. The fourth-order valence-corrected chi connectivity index (χ4v) is 3.32. The van der Waals surface area contributed by atoms with Crippen LogP contribution in [0.3, 0.4) is 0 Å². The van der Waals surface area contributed by atoms with Gasteiger partial charge in [-0.15, -0.1) is 0 Å². The molecule has 110 valence electrons. The molecular weight excluding hydrogens is 248 g/mol. The number of nitrogens with zero attached hydrogens (tertiary/aromatic N) is 1. The summed E-state index contributed by atoms with van der Waals surface area (Å²) in [5, 5.41) is 3.71. The third-order valence-corrected chi connectivity index (χ3v) is 4.59. The quantitative estimate of drug-likeness (QED) is 0.892. The van der Waals surface area contributed by atoms with E-state index >= 15 is 0 Å². The second kappa shape index (κ2) is 6.25. The molecule has 0 amide bonds. The zero-order valence-corrected chi connectivity index (χ0v) is 12.5. The van der Waals surface area contributed by atoms with Gasteiger partial charge in [0.25, 0.3) is 0 Å². The number of likely N-dealkylation sites (tertiary alicyclic amines) is 1. The molecule has 3 rings (SSSR count).